The van der Waals surface area contributed by atoms with Crippen LogP contribution in [0, 0.1) is 13.8 Å². The Morgan fingerprint density at radius 3 is 2.41 bits per heavy atom. The van der Waals surface area contributed by atoms with E-state index in [0.29, 0.717) is 6.61 Å². The van der Waals surface area contributed by atoms with Crippen molar-refractivity contribution in [1.82, 2.24) is 5.48 Å². The first kappa shape index (κ1) is 16.5. The fourth-order valence-corrected chi connectivity index (χ4v) is 2.53. The third-order valence-electron chi connectivity index (χ3n) is 4.15. The molecule has 0 aliphatic heterocycles. The van der Waals surface area contributed by atoms with Crippen molar-refractivity contribution in [3.8, 4) is 5.75 Å². The summed E-state index contributed by atoms with van der Waals surface area (Å²) in [5.41, 5.74) is 6.45. The highest BCUT2D eigenvalue weighted by atomic mass is 16.6. The maximum atomic E-state index is 5.99. The standard InChI is InChI=1S/C19H25NO2/c1-15-9-8-12-18(16(15)2)22-14-13-19(3,20-21-4)17-10-6-5-7-11-17/h5-12,20H,13-14H2,1-4H3. The topological polar surface area (TPSA) is 30.5 Å². The van der Waals surface area contributed by atoms with E-state index in [4.69, 9.17) is 9.57 Å². The number of ether oxygens (including phenoxy) is 1. The highest BCUT2D eigenvalue weighted by molar-refractivity contribution is 5.38. The van der Waals surface area contributed by atoms with Gasteiger partial charge < -0.3 is 9.57 Å². The van der Waals surface area contributed by atoms with Gasteiger partial charge in [-0.15, -0.1) is 0 Å². The van der Waals surface area contributed by atoms with Gasteiger partial charge in [0.25, 0.3) is 0 Å². The number of hydrogen-bond donors (Lipinski definition) is 1. The Bertz CT molecular complexity index is 598. The third kappa shape index (κ3) is 3.87. The van der Waals surface area contributed by atoms with E-state index in [1.54, 1.807) is 7.11 Å². The number of nitrogens with one attached hydrogen (secondary N) is 1. The van der Waals surface area contributed by atoms with Crippen molar-refractivity contribution in [1.29, 1.82) is 0 Å². The molecule has 1 atom stereocenters. The van der Waals surface area contributed by atoms with Crippen molar-refractivity contribution in [2.24, 2.45) is 0 Å². The average Bonchev–Trinajstić information content (AvgIpc) is 2.53. The van der Waals surface area contributed by atoms with Crippen LogP contribution < -0.4 is 10.2 Å². The number of benzene rings is 2. The van der Waals surface area contributed by atoms with Gasteiger partial charge in [0.1, 0.15) is 5.75 Å². The third-order valence-corrected chi connectivity index (χ3v) is 4.15. The van der Waals surface area contributed by atoms with E-state index in [-0.39, 0.29) is 5.54 Å². The Balaban J connectivity index is 2.05. The van der Waals surface area contributed by atoms with Gasteiger partial charge in [0.05, 0.1) is 19.3 Å². The van der Waals surface area contributed by atoms with Gasteiger partial charge in [-0.1, -0.05) is 42.5 Å². The lowest BCUT2D eigenvalue weighted by atomic mass is 9.90. The van der Waals surface area contributed by atoms with Gasteiger partial charge in [-0.25, -0.2) is 0 Å². The minimum atomic E-state index is -0.284. The molecule has 0 aliphatic rings. The molecule has 2 aromatic rings. The Kier molecular flexibility index (Phi) is 5.58. The maximum Gasteiger partial charge on any atom is 0.122 e. The molecule has 0 radical (unpaired) electrons. The van der Waals surface area contributed by atoms with Gasteiger partial charge in [-0.05, 0) is 43.5 Å². The molecule has 0 amide bonds. The highest BCUT2D eigenvalue weighted by Gasteiger charge is 2.26. The molecule has 0 aliphatic carbocycles. The molecule has 0 spiro atoms. The van der Waals surface area contributed by atoms with Gasteiger partial charge in [-0.3, -0.25) is 0 Å². The van der Waals surface area contributed by atoms with Crippen LogP contribution in [-0.2, 0) is 10.4 Å². The van der Waals surface area contributed by atoms with Crippen LogP contribution in [0.25, 0.3) is 0 Å². The van der Waals surface area contributed by atoms with E-state index in [0.717, 1.165) is 12.2 Å². The molecule has 0 heterocycles. The Morgan fingerprint density at radius 1 is 1.00 bits per heavy atom. The summed E-state index contributed by atoms with van der Waals surface area (Å²) in [6.45, 7) is 6.93. The molecule has 22 heavy (non-hydrogen) atoms. The molecule has 1 unspecified atom stereocenters. The first-order valence-electron chi connectivity index (χ1n) is 7.61. The summed E-state index contributed by atoms with van der Waals surface area (Å²) < 4.78 is 5.99. The van der Waals surface area contributed by atoms with E-state index in [1.165, 1.54) is 16.7 Å². The summed E-state index contributed by atoms with van der Waals surface area (Å²) in [6.07, 6.45) is 0.804. The van der Waals surface area contributed by atoms with Crippen molar-refractivity contribution in [3.63, 3.8) is 0 Å². The van der Waals surface area contributed by atoms with Crippen LogP contribution in [-0.4, -0.2) is 13.7 Å². The second-order valence-corrected chi connectivity index (χ2v) is 5.80. The highest BCUT2D eigenvalue weighted by Crippen LogP contribution is 2.26. The summed E-state index contributed by atoms with van der Waals surface area (Å²) in [5, 5.41) is 0. The molecule has 0 saturated carbocycles. The number of rotatable bonds is 7. The SMILES string of the molecule is CONC(C)(CCOc1cccc(C)c1C)c1ccccc1. The molecule has 0 saturated heterocycles. The van der Waals surface area contributed by atoms with E-state index in [1.807, 2.05) is 30.3 Å². The van der Waals surface area contributed by atoms with Gasteiger partial charge in [0.2, 0.25) is 0 Å². The molecule has 0 aromatic heterocycles. The first-order valence-corrected chi connectivity index (χ1v) is 7.61. The molecule has 118 valence electrons. The number of aryl methyl sites for hydroxylation is 1. The van der Waals surface area contributed by atoms with Crippen LogP contribution in [0.4, 0.5) is 0 Å². The Labute approximate surface area is 133 Å². The molecule has 2 aromatic carbocycles. The maximum absolute atomic E-state index is 5.99. The number of hydroxylamine groups is 1. The average molecular weight is 299 g/mol. The van der Waals surface area contributed by atoms with E-state index in [9.17, 15) is 0 Å². The minimum Gasteiger partial charge on any atom is -0.493 e. The van der Waals surface area contributed by atoms with Crippen molar-refractivity contribution >= 4 is 0 Å². The fourth-order valence-electron chi connectivity index (χ4n) is 2.53. The summed E-state index contributed by atoms with van der Waals surface area (Å²) in [5.74, 6) is 0.952. The molecular formula is C19H25NO2. The Hall–Kier alpha value is -1.84. The van der Waals surface area contributed by atoms with Crippen LogP contribution >= 0.6 is 0 Å². The van der Waals surface area contributed by atoms with E-state index in [2.05, 4.69) is 44.5 Å². The quantitative estimate of drug-likeness (QED) is 0.779. The van der Waals surface area contributed by atoms with Crippen LogP contribution in [0.2, 0.25) is 0 Å². The fraction of sp³-hybridized carbons (Fsp3) is 0.368. The predicted molar refractivity (Wildman–Crippen MR) is 90.0 cm³/mol. The number of hydrogen-bond acceptors (Lipinski definition) is 3. The normalized spacial score (nSPS) is 13.6. The second-order valence-electron chi connectivity index (χ2n) is 5.80. The van der Waals surface area contributed by atoms with Crippen LogP contribution in [0.5, 0.6) is 5.75 Å². The summed E-state index contributed by atoms with van der Waals surface area (Å²) in [7, 11) is 1.65. The van der Waals surface area contributed by atoms with Crippen molar-refractivity contribution < 1.29 is 9.57 Å². The van der Waals surface area contributed by atoms with Crippen molar-refractivity contribution in [2.45, 2.75) is 32.7 Å². The van der Waals surface area contributed by atoms with Crippen LogP contribution in [0.15, 0.2) is 48.5 Å². The van der Waals surface area contributed by atoms with Crippen molar-refractivity contribution in [3.05, 3.63) is 65.2 Å². The van der Waals surface area contributed by atoms with Crippen LogP contribution in [0.1, 0.15) is 30.0 Å². The van der Waals surface area contributed by atoms with Gasteiger partial charge in [0.15, 0.2) is 0 Å². The summed E-state index contributed by atoms with van der Waals surface area (Å²) in [6, 6.07) is 16.4. The molecule has 1 N–H and O–H groups in total. The van der Waals surface area contributed by atoms with Crippen LogP contribution in [0.3, 0.4) is 0 Å². The zero-order valence-corrected chi connectivity index (χ0v) is 13.8. The molecule has 0 bridgehead atoms. The first-order chi connectivity index (χ1) is 10.6. The zero-order chi connectivity index (χ0) is 16.0. The lowest BCUT2D eigenvalue weighted by Gasteiger charge is -2.30. The van der Waals surface area contributed by atoms with Gasteiger partial charge in [-0.2, -0.15) is 5.48 Å². The lowest BCUT2D eigenvalue weighted by molar-refractivity contribution is 0.00818. The largest absolute Gasteiger partial charge is 0.493 e. The predicted octanol–water partition coefficient (Wildman–Crippen LogP) is 4.14. The molecular weight excluding hydrogens is 274 g/mol. The molecule has 3 nitrogen and oxygen atoms in total. The van der Waals surface area contributed by atoms with Gasteiger partial charge in [0, 0.05) is 6.42 Å². The lowest BCUT2D eigenvalue weighted by Crippen LogP contribution is -2.40. The smallest absolute Gasteiger partial charge is 0.122 e. The molecule has 2 rings (SSSR count). The minimum absolute atomic E-state index is 0.284. The van der Waals surface area contributed by atoms with Gasteiger partial charge >= 0.3 is 0 Å². The van der Waals surface area contributed by atoms with Crippen molar-refractivity contribution in [2.75, 3.05) is 13.7 Å². The molecule has 0 fully saturated rings. The summed E-state index contributed by atoms with van der Waals surface area (Å²) in [4.78, 5) is 5.20. The van der Waals surface area contributed by atoms with E-state index >= 15 is 0 Å². The monoisotopic (exact) mass is 299 g/mol. The second kappa shape index (κ2) is 7.43. The Morgan fingerprint density at radius 2 is 1.73 bits per heavy atom. The molecule has 3 heteroatoms. The summed E-state index contributed by atoms with van der Waals surface area (Å²) >= 11 is 0. The van der Waals surface area contributed by atoms with E-state index < -0.39 is 0 Å². The zero-order valence-electron chi connectivity index (χ0n) is 13.8.